The van der Waals surface area contributed by atoms with Gasteiger partial charge in [0.25, 0.3) is 0 Å². The zero-order chi connectivity index (χ0) is 16.4. The highest BCUT2D eigenvalue weighted by Crippen LogP contribution is 2.34. The number of hydrogen-bond acceptors (Lipinski definition) is 3. The van der Waals surface area contributed by atoms with E-state index in [0.717, 1.165) is 34.6 Å². The number of methoxy groups -OCH3 is 1. The average Bonchev–Trinajstić information content (AvgIpc) is 2.93. The number of aromatic nitrogens is 2. The van der Waals surface area contributed by atoms with E-state index in [1.165, 1.54) is 0 Å². The molecular formula is C19H22N2O2. The third-order valence-corrected chi connectivity index (χ3v) is 4.43. The third-order valence-electron chi connectivity index (χ3n) is 4.43. The molecule has 0 fully saturated rings. The first-order valence-electron chi connectivity index (χ1n) is 7.89. The molecule has 3 aromatic rings. The van der Waals surface area contributed by atoms with E-state index >= 15 is 0 Å². The molecule has 0 saturated carbocycles. The second kappa shape index (κ2) is 6.42. The van der Waals surface area contributed by atoms with Crippen LogP contribution in [0.5, 0.6) is 5.75 Å². The van der Waals surface area contributed by atoms with Crippen LogP contribution >= 0.6 is 0 Å². The maximum absolute atomic E-state index is 10.9. The van der Waals surface area contributed by atoms with Gasteiger partial charge in [0.1, 0.15) is 11.6 Å². The van der Waals surface area contributed by atoms with Gasteiger partial charge in [-0.05, 0) is 36.2 Å². The van der Waals surface area contributed by atoms with Gasteiger partial charge in [-0.25, -0.2) is 4.98 Å². The molecule has 4 nitrogen and oxygen atoms in total. The number of hydrogen-bond donors (Lipinski definition) is 1. The lowest BCUT2D eigenvalue weighted by molar-refractivity contribution is 0.137. The van der Waals surface area contributed by atoms with Crippen LogP contribution in [0.15, 0.2) is 48.5 Å². The van der Waals surface area contributed by atoms with Gasteiger partial charge in [0, 0.05) is 13.0 Å². The molecule has 4 heteroatoms. The summed E-state index contributed by atoms with van der Waals surface area (Å²) in [4.78, 5) is 4.74. The smallest absolute Gasteiger partial charge is 0.118 e. The number of aliphatic hydroxyl groups is 1. The van der Waals surface area contributed by atoms with Crippen LogP contribution in [0.2, 0.25) is 0 Å². The van der Waals surface area contributed by atoms with E-state index in [1.54, 1.807) is 7.11 Å². The standard InChI is InChI=1S/C19H22N2O2/c1-4-15(18(22)13-9-11-14(23-3)12-10-13)19-20-16-7-5-6-8-17(16)21(19)2/h5-12,15,18,22H,4H2,1-3H3/t15-,18+/m0/s1. The average molecular weight is 310 g/mol. The number of benzene rings is 2. The van der Waals surface area contributed by atoms with Crippen molar-refractivity contribution in [3.8, 4) is 5.75 Å². The summed E-state index contributed by atoms with van der Waals surface area (Å²) in [7, 11) is 3.65. The number of aryl methyl sites for hydroxylation is 1. The zero-order valence-electron chi connectivity index (χ0n) is 13.7. The van der Waals surface area contributed by atoms with Gasteiger partial charge in [-0.1, -0.05) is 31.2 Å². The van der Waals surface area contributed by atoms with Gasteiger partial charge in [0.05, 0.1) is 24.2 Å². The van der Waals surface area contributed by atoms with Crippen LogP contribution in [0.4, 0.5) is 0 Å². The van der Waals surface area contributed by atoms with Gasteiger partial charge in [0.15, 0.2) is 0 Å². The van der Waals surface area contributed by atoms with Crippen molar-refractivity contribution in [2.45, 2.75) is 25.4 Å². The normalized spacial score (nSPS) is 13.9. The van der Waals surface area contributed by atoms with E-state index in [1.807, 2.05) is 49.5 Å². The van der Waals surface area contributed by atoms with Crippen LogP contribution in [0, 0.1) is 0 Å². The van der Waals surface area contributed by atoms with Crippen molar-refractivity contribution in [1.29, 1.82) is 0 Å². The van der Waals surface area contributed by atoms with Crippen molar-refractivity contribution < 1.29 is 9.84 Å². The van der Waals surface area contributed by atoms with E-state index in [0.29, 0.717) is 0 Å². The summed E-state index contributed by atoms with van der Waals surface area (Å²) in [6.07, 6.45) is 0.214. The number of nitrogens with zero attached hydrogens (tertiary/aromatic N) is 2. The fourth-order valence-corrected chi connectivity index (χ4v) is 3.08. The highest BCUT2D eigenvalue weighted by molar-refractivity contribution is 5.75. The molecule has 0 amide bonds. The quantitative estimate of drug-likeness (QED) is 0.779. The lowest BCUT2D eigenvalue weighted by Crippen LogP contribution is -2.14. The van der Waals surface area contributed by atoms with Crippen molar-refractivity contribution in [2.24, 2.45) is 7.05 Å². The molecule has 0 spiro atoms. The lowest BCUT2D eigenvalue weighted by Gasteiger charge is -2.22. The van der Waals surface area contributed by atoms with Crippen molar-refractivity contribution >= 4 is 11.0 Å². The van der Waals surface area contributed by atoms with E-state index in [-0.39, 0.29) is 5.92 Å². The van der Waals surface area contributed by atoms with Crippen molar-refractivity contribution in [2.75, 3.05) is 7.11 Å². The molecule has 0 bridgehead atoms. The summed E-state index contributed by atoms with van der Waals surface area (Å²) < 4.78 is 7.26. The van der Waals surface area contributed by atoms with Crippen molar-refractivity contribution in [3.63, 3.8) is 0 Å². The first kappa shape index (κ1) is 15.6. The molecule has 0 unspecified atom stereocenters. The Hall–Kier alpha value is -2.33. The minimum Gasteiger partial charge on any atom is -0.497 e. The van der Waals surface area contributed by atoms with Crippen LogP contribution in [-0.4, -0.2) is 21.8 Å². The van der Waals surface area contributed by atoms with Gasteiger partial charge in [0.2, 0.25) is 0 Å². The van der Waals surface area contributed by atoms with Crippen LogP contribution in [0.1, 0.15) is 36.8 Å². The molecule has 2 aromatic carbocycles. The molecule has 120 valence electrons. The maximum Gasteiger partial charge on any atom is 0.118 e. The van der Waals surface area contributed by atoms with Gasteiger partial charge in [-0.3, -0.25) is 0 Å². The summed E-state index contributed by atoms with van der Waals surface area (Å²) in [5, 5.41) is 10.9. The summed E-state index contributed by atoms with van der Waals surface area (Å²) in [6, 6.07) is 15.6. The van der Waals surface area contributed by atoms with Crippen LogP contribution in [-0.2, 0) is 7.05 Å². The van der Waals surface area contributed by atoms with E-state index in [4.69, 9.17) is 9.72 Å². The Balaban J connectivity index is 1.98. The van der Waals surface area contributed by atoms with Gasteiger partial charge in [-0.15, -0.1) is 0 Å². The molecule has 1 aromatic heterocycles. The Bertz CT molecular complexity index is 793. The summed E-state index contributed by atoms with van der Waals surface area (Å²) in [6.45, 7) is 2.08. The predicted octanol–water partition coefficient (Wildman–Crippen LogP) is 3.81. The highest BCUT2D eigenvalue weighted by Gasteiger charge is 2.25. The first-order valence-corrected chi connectivity index (χ1v) is 7.89. The molecule has 3 rings (SSSR count). The highest BCUT2D eigenvalue weighted by atomic mass is 16.5. The second-order valence-corrected chi connectivity index (χ2v) is 5.75. The Labute approximate surface area is 136 Å². The lowest BCUT2D eigenvalue weighted by atomic mass is 9.92. The topological polar surface area (TPSA) is 47.3 Å². The molecule has 0 saturated heterocycles. The number of para-hydroxylation sites is 2. The Morgan fingerprint density at radius 3 is 2.43 bits per heavy atom. The maximum atomic E-state index is 10.9. The SMILES string of the molecule is CC[C@H](c1nc2ccccc2n1C)[C@H](O)c1ccc(OC)cc1. The molecule has 23 heavy (non-hydrogen) atoms. The Morgan fingerprint density at radius 2 is 1.83 bits per heavy atom. The Kier molecular flexibility index (Phi) is 4.35. The zero-order valence-corrected chi connectivity index (χ0v) is 13.7. The number of fused-ring (bicyclic) bond motifs is 1. The number of rotatable bonds is 5. The fourth-order valence-electron chi connectivity index (χ4n) is 3.08. The van der Waals surface area contributed by atoms with Crippen LogP contribution < -0.4 is 4.74 Å². The molecule has 1 heterocycles. The van der Waals surface area contributed by atoms with Crippen molar-refractivity contribution in [3.05, 3.63) is 59.9 Å². The summed E-state index contributed by atoms with van der Waals surface area (Å²) in [5.74, 6) is 1.65. The number of imidazole rings is 1. The van der Waals surface area contributed by atoms with E-state index in [2.05, 4.69) is 17.6 Å². The second-order valence-electron chi connectivity index (χ2n) is 5.75. The minimum atomic E-state index is -0.596. The molecular weight excluding hydrogens is 288 g/mol. The first-order chi connectivity index (χ1) is 11.2. The largest absolute Gasteiger partial charge is 0.497 e. The van der Waals surface area contributed by atoms with Crippen LogP contribution in [0.25, 0.3) is 11.0 Å². The van der Waals surface area contributed by atoms with Gasteiger partial charge in [-0.2, -0.15) is 0 Å². The molecule has 2 atom stereocenters. The fraction of sp³-hybridized carbons (Fsp3) is 0.316. The summed E-state index contributed by atoms with van der Waals surface area (Å²) >= 11 is 0. The molecule has 0 aliphatic carbocycles. The van der Waals surface area contributed by atoms with Gasteiger partial charge >= 0.3 is 0 Å². The van der Waals surface area contributed by atoms with E-state index < -0.39 is 6.10 Å². The predicted molar refractivity (Wildman–Crippen MR) is 91.7 cm³/mol. The molecule has 1 N–H and O–H groups in total. The van der Waals surface area contributed by atoms with Crippen molar-refractivity contribution in [1.82, 2.24) is 9.55 Å². The number of aliphatic hydroxyl groups excluding tert-OH is 1. The molecule has 0 radical (unpaired) electrons. The van der Waals surface area contributed by atoms with Gasteiger partial charge < -0.3 is 14.4 Å². The Morgan fingerprint density at radius 1 is 1.13 bits per heavy atom. The minimum absolute atomic E-state index is 0.0548. The monoisotopic (exact) mass is 310 g/mol. The summed E-state index contributed by atoms with van der Waals surface area (Å²) in [5.41, 5.74) is 2.93. The number of ether oxygens (including phenoxy) is 1. The molecule has 0 aliphatic rings. The van der Waals surface area contributed by atoms with Crippen LogP contribution in [0.3, 0.4) is 0 Å². The molecule has 0 aliphatic heterocycles. The third kappa shape index (κ3) is 2.82. The van der Waals surface area contributed by atoms with E-state index in [9.17, 15) is 5.11 Å².